The van der Waals surface area contributed by atoms with Gasteiger partial charge in [-0.25, -0.2) is 4.79 Å². The standard InChI is InChI=1S/C70H104N14O20S3/c1-3-4-6-15-57(88)73-53-43-107-41-48-31-46(39-105-29-18-72-58(89)34-79-21-23-80(35-59(90)91)25-27-82(37-61(94)95)28-26-81(24-22-79)36-60(92)93)30-47(32-48)40-106-42-52(65(98)76-51(38-85)70(103)104)77-64(97)50(33-45-11-7-5-8-12-45)75-63(96)49(16-17-56(71)87)74-67(100)62(44(2)86)78-66(99)54-13-9-19-83(54)69(102)55-14-10-20-84(55)68(53)101/h5,7-8,11-12,30-32,44,49-55,62,85-86H,3-4,6,9-10,13-29,33-43H2,1-2H3,(H2,71,87)(H,72,89)(H,73,88)(H,74,100)(H,75,96)(H,76,98)(H,77,97)(H,78,99)(H,90,91)(H,92,93)(H,94,95)(H,103,104)/t44-,49+,50+,51+,52+,53+,54+,55+,62+/m1/s1. The number of nitrogens with one attached hydrogen (secondary N) is 7. The minimum absolute atomic E-state index is 0.0543. The molecule has 4 heterocycles. The number of carbonyl (C=O) groups is 14. The van der Waals surface area contributed by atoms with Gasteiger partial charge in [-0.2, -0.15) is 35.3 Å². The SMILES string of the molecule is CCCCCC(=O)N[C@H]1CSCc2cc(CSCCNC(=O)CN3CCN(CC(=O)O)CCN(CC(=O)O)CCN(CC(=O)O)CC3)cc(c2)CSC[C@@H](C(=O)N[C@@H](CO)C(=O)O)NC(=O)[C@H](Cc2ccccc2)NC(=O)[C@H](CCC(N)=O)NC(=O)[C@H]([C@@H](C)O)NC(=O)[C@@H]2CCCN2C(=O)[C@@H]2CCCN2C1=O. The van der Waals surface area contributed by atoms with Gasteiger partial charge in [0.2, 0.25) is 59.1 Å². The van der Waals surface area contributed by atoms with E-state index in [1.807, 2.05) is 30.0 Å². The van der Waals surface area contributed by atoms with Gasteiger partial charge >= 0.3 is 23.9 Å². The first-order valence-electron chi connectivity index (χ1n) is 36.0. The molecule has 3 saturated heterocycles. The molecular formula is C70H104N14O20S3. The molecule has 37 heteroatoms. The molecule has 15 N–H and O–H groups in total. The van der Waals surface area contributed by atoms with Crippen LogP contribution in [0.3, 0.4) is 0 Å². The summed E-state index contributed by atoms with van der Waals surface area (Å²) in [5.74, 6) is -11.4. The van der Waals surface area contributed by atoms with Crippen LogP contribution in [0.2, 0.25) is 0 Å². The van der Waals surface area contributed by atoms with Crippen molar-refractivity contribution in [2.24, 2.45) is 5.73 Å². The number of hydrogen-bond donors (Lipinski definition) is 14. The predicted octanol–water partition coefficient (Wildman–Crippen LogP) is -2.57. The van der Waals surface area contributed by atoms with E-state index in [1.54, 1.807) is 45.0 Å². The van der Waals surface area contributed by atoms with E-state index in [0.717, 1.165) is 35.7 Å². The molecule has 107 heavy (non-hydrogen) atoms. The Morgan fingerprint density at radius 3 is 1.70 bits per heavy atom. The molecule has 0 aliphatic carbocycles. The first kappa shape index (κ1) is 87.7. The maximum absolute atomic E-state index is 15.0. The Hall–Kier alpha value is -8.17. The molecule has 6 rings (SSSR count). The van der Waals surface area contributed by atoms with Gasteiger partial charge in [0.05, 0.1) is 38.9 Å². The number of thioether (sulfide) groups is 3. The van der Waals surface area contributed by atoms with Gasteiger partial charge in [-0.1, -0.05) is 68.3 Å². The molecule has 9 atom stereocenters. The van der Waals surface area contributed by atoms with Crippen molar-refractivity contribution in [2.45, 2.75) is 156 Å². The molecule has 34 nitrogen and oxygen atoms in total. The van der Waals surface area contributed by atoms with E-state index in [9.17, 15) is 97.8 Å². The number of carboxylic acid groups (broad SMARTS) is 4. The van der Waals surface area contributed by atoms with Crippen LogP contribution < -0.4 is 43.0 Å². The highest BCUT2D eigenvalue weighted by Gasteiger charge is 2.45. The third-order valence-corrected chi connectivity index (χ3v) is 21.7. The van der Waals surface area contributed by atoms with Crippen molar-refractivity contribution < 1.29 is 97.8 Å². The Bertz CT molecular complexity index is 3350. The fraction of sp³-hybridized carbons (Fsp3) is 0.629. The molecule has 0 radical (unpaired) electrons. The second-order valence-corrected chi connectivity index (χ2v) is 30.2. The molecule has 2 aromatic rings. The summed E-state index contributed by atoms with van der Waals surface area (Å²) < 4.78 is 0. The van der Waals surface area contributed by atoms with E-state index in [-0.39, 0.29) is 159 Å². The number of rotatable bonds is 28. The number of aliphatic hydroxyl groups excluding tert-OH is 2. The maximum atomic E-state index is 15.0. The van der Waals surface area contributed by atoms with Gasteiger partial charge in [0.1, 0.15) is 48.3 Å². The lowest BCUT2D eigenvalue weighted by Crippen LogP contribution is -2.62. The lowest BCUT2D eigenvalue weighted by atomic mass is 10.0. The molecule has 3 fully saturated rings. The first-order chi connectivity index (χ1) is 51.1. The van der Waals surface area contributed by atoms with Crippen LogP contribution in [0.15, 0.2) is 48.5 Å². The average Bonchev–Trinajstić information content (AvgIpc) is 1.68. The lowest BCUT2D eigenvalue weighted by molar-refractivity contribution is -0.148. The number of nitrogens with two attached hydrogens (primary N) is 1. The first-order valence-corrected chi connectivity index (χ1v) is 39.5. The molecule has 2 aromatic carbocycles. The van der Waals surface area contributed by atoms with Crippen molar-refractivity contribution in [3.05, 3.63) is 70.8 Å². The van der Waals surface area contributed by atoms with E-state index in [0.29, 0.717) is 41.9 Å². The van der Waals surface area contributed by atoms with Crippen molar-refractivity contribution in [3.63, 3.8) is 0 Å². The molecule has 0 spiro atoms. The van der Waals surface area contributed by atoms with Gasteiger partial charge < -0.3 is 83.4 Å². The zero-order chi connectivity index (χ0) is 78.1. The molecule has 0 aromatic heterocycles. The molecule has 4 aliphatic heterocycles. The van der Waals surface area contributed by atoms with Gasteiger partial charge in [-0.15, -0.1) is 0 Å². The Morgan fingerprint density at radius 2 is 1.16 bits per heavy atom. The number of primary amides is 1. The Balaban J connectivity index is 1.32. The third-order valence-electron chi connectivity index (χ3n) is 18.5. The van der Waals surface area contributed by atoms with Crippen LogP contribution in [-0.2, 0) is 90.8 Å². The highest BCUT2D eigenvalue weighted by atomic mass is 32.2. The van der Waals surface area contributed by atoms with Crippen molar-refractivity contribution in [2.75, 3.05) is 122 Å². The Kier molecular flexibility index (Phi) is 37.4. The normalized spacial score (nSPS) is 23.0. The second kappa shape index (κ2) is 45.6. The largest absolute Gasteiger partial charge is 0.480 e. The number of unbranched alkanes of at least 4 members (excludes halogenated alkanes) is 2. The van der Waals surface area contributed by atoms with Crippen LogP contribution in [0.25, 0.3) is 0 Å². The smallest absolute Gasteiger partial charge is 0.328 e. The summed E-state index contributed by atoms with van der Waals surface area (Å²) in [5, 5.41) is 78.4. The van der Waals surface area contributed by atoms with Gasteiger partial charge in [-0.3, -0.25) is 81.9 Å². The van der Waals surface area contributed by atoms with Gasteiger partial charge in [0.25, 0.3) is 0 Å². The number of aliphatic hydroxyl groups is 2. The number of nitrogens with zero attached hydrogens (tertiary/aromatic N) is 6. The summed E-state index contributed by atoms with van der Waals surface area (Å²) in [5.41, 5.74) is 8.33. The van der Waals surface area contributed by atoms with Crippen LogP contribution >= 0.6 is 35.3 Å². The summed E-state index contributed by atoms with van der Waals surface area (Å²) in [4.78, 5) is 199. The van der Waals surface area contributed by atoms with Crippen LogP contribution in [0.1, 0.15) is 100 Å². The topological polar surface area (TPSA) is 490 Å². The van der Waals surface area contributed by atoms with E-state index in [2.05, 4.69) is 37.2 Å². The average molecular weight is 1560 g/mol. The summed E-state index contributed by atoms with van der Waals surface area (Å²) in [6, 6.07) is 2.47. The van der Waals surface area contributed by atoms with E-state index >= 15 is 0 Å². The van der Waals surface area contributed by atoms with E-state index in [1.165, 1.54) is 40.2 Å². The van der Waals surface area contributed by atoms with Crippen LogP contribution in [0, 0.1) is 0 Å². The van der Waals surface area contributed by atoms with Crippen molar-refractivity contribution in [1.82, 2.24) is 66.6 Å². The maximum Gasteiger partial charge on any atom is 0.328 e. The number of amides is 10. The van der Waals surface area contributed by atoms with Crippen molar-refractivity contribution in [1.29, 1.82) is 0 Å². The minimum Gasteiger partial charge on any atom is -0.480 e. The zero-order valence-corrected chi connectivity index (χ0v) is 63.0. The van der Waals surface area contributed by atoms with Gasteiger partial charge in [0, 0.05) is 126 Å². The predicted molar refractivity (Wildman–Crippen MR) is 397 cm³/mol. The molecule has 4 aliphatic rings. The van der Waals surface area contributed by atoms with Crippen molar-refractivity contribution >= 4 is 118 Å². The summed E-state index contributed by atoms with van der Waals surface area (Å²) in [7, 11) is 0. The van der Waals surface area contributed by atoms with Crippen LogP contribution in [-0.4, -0.2) is 319 Å². The van der Waals surface area contributed by atoms with Gasteiger partial charge in [-0.05, 0) is 67.7 Å². The summed E-state index contributed by atoms with van der Waals surface area (Å²) in [6.07, 6.45) is 0.665. The number of aliphatic carboxylic acids is 4. The molecule has 0 saturated carbocycles. The monoisotopic (exact) mass is 1560 g/mol. The van der Waals surface area contributed by atoms with Crippen LogP contribution in [0.4, 0.5) is 0 Å². The number of benzene rings is 2. The molecule has 10 amide bonds. The fourth-order valence-corrected chi connectivity index (χ4v) is 15.6. The third kappa shape index (κ3) is 30.4. The molecule has 592 valence electrons. The number of carbonyl (C=O) groups excluding carboxylic acids is 10. The number of fused-ring (bicyclic) bond motifs is 4. The zero-order valence-electron chi connectivity index (χ0n) is 60.5. The number of carboxylic acids is 4. The highest BCUT2D eigenvalue weighted by molar-refractivity contribution is 7.99. The fourth-order valence-electron chi connectivity index (χ4n) is 12.8. The minimum atomic E-state index is -1.81. The summed E-state index contributed by atoms with van der Waals surface area (Å²) in [6.45, 7) is 3.29. The number of hydrogen-bond acceptors (Lipinski definition) is 23. The van der Waals surface area contributed by atoms with E-state index < -0.39 is 145 Å². The van der Waals surface area contributed by atoms with Crippen LogP contribution in [0.5, 0.6) is 0 Å². The summed E-state index contributed by atoms with van der Waals surface area (Å²) >= 11 is 3.98. The quantitative estimate of drug-likeness (QED) is 0.0389. The molecular weight excluding hydrogens is 1450 g/mol. The lowest BCUT2D eigenvalue weighted by Gasteiger charge is -2.33. The Morgan fingerprint density at radius 1 is 0.617 bits per heavy atom. The molecule has 0 unspecified atom stereocenters. The van der Waals surface area contributed by atoms with Crippen molar-refractivity contribution in [3.8, 4) is 0 Å². The molecule has 2 bridgehead atoms. The highest BCUT2D eigenvalue weighted by Crippen LogP contribution is 2.29. The second-order valence-electron chi connectivity index (χ2n) is 27.0. The van der Waals surface area contributed by atoms with Gasteiger partial charge in [0.15, 0.2) is 0 Å². The Labute approximate surface area is 634 Å². The van der Waals surface area contributed by atoms with E-state index in [4.69, 9.17) is 5.73 Å².